The highest BCUT2D eigenvalue weighted by atomic mass is 16.1. The Bertz CT molecular complexity index is 496. The zero-order chi connectivity index (χ0) is 14.5. The first-order valence-corrected chi connectivity index (χ1v) is 7.23. The zero-order valence-electron chi connectivity index (χ0n) is 12.5. The molecule has 1 aliphatic heterocycles. The Balaban J connectivity index is 2.09. The van der Waals surface area contributed by atoms with Crippen LogP contribution in [0.5, 0.6) is 0 Å². The minimum Gasteiger partial charge on any atom is -0.316 e. The minimum absolute atomic E-state index is 0.0290. The van der Waals surface area contributed by atoms with Crippen molar-refractivity contribution in [1.29, 1.82) is 0 Å². The number of amides is 1. The number of rotatable bonds is 3. The molecule has 2 heterocycles. The Kier molecular flexibility index (Phi) is 4.90. The second kappa shape index (κ2) is 6.66. The molecule has 1 aromatic rings. The largest absolute Gasteiger partial charge is 0.316 e. The van der Waals surface area contributed by atoms with Crippen molar-refractivity contribution in [3.8, 4) is 0 Å². The minimum atomic E-state index is -0.0290. The standard InChI is InChI=1S/C16H23N3O/c1-4-14(13-6-5-7-17-10-13)16(20)19-15-9-11(2)8-12(3)18-15/h4,8-9,13,17H,5-7,10H2,1-3H3,(H,18,19,20). The van der Waals surface area contributed by atoms with Crippen LogP contribution in [0, 0.1) is 19.8 Å². The van der Waals surface area contributed by atoms with Gasteiger partial charge in [-0.3, -0.25) is 4.79 Å². The summed E-state index contributed by atoms with van der Waals surface area (Å²) in [6.07, 6.45) is 4.12. The van der Waals surface area contributed by atoms with Crippen LogP contribution in [0.15, 0.2) is 23.8 Å². The van der Waals surface area contributed by atoms with Gasteiger partial charge in [0.15, 0.2) is 0 Å². The summed E-state index contributed by atoms with van der Waals surface area (Å²) < 4.78 is 0. The Morgan fingerprint density at radius 2 is 2.25 bits per heavy atom. The highest BCUT2D eigenvalue weighted by molar-refractivity contribution is 6.03. The lowest BCUT2D eigenvalue weighted by molar-refractivity contribution is -0.113. The molecule has 108 valence electrons. The van der Waals surface area contributed by atoms with E-state index >= 15 is 0 Å². The molecule has 0 aromatic carbocycles. The zero-order valence-corrected chi connectivity index (χ0v) is 12.5. The van der Waals surface area contributed by atoms with E-state index in [-0.39, 0.29) is 5.91 Å². The van der Waals surface area contributed by atoms with Gasteiger partial charge in [-0.1, -0.05) is 6.08 Å². The number of pyridine rings is 1. The van der Waals surface area contributed by atoms with Gasteiger partial charge in [0.25, 0.3) is 5.91 Å². The Labute approximate surface area is 120 Å². The van der Waals surface area contributed by atoms with Crippen molar-refractivity contribution in [3.05, 3.63) is 35.0 Å². The molecule has 4 nitrogen and oxygen atoms in total. The third-order valence-electron chi connectivity index (χ3n) is 3.65. The van der Waals surface area contributed by atoms with Crippen molar-refractivity contribution >= 4 is 11.7 Å². The molecule has 2 rings (SSSR count). The number of carbonyl (C=O) groups excluding carboxylic acids is 1. The number of carbonyl (C=O) groups is 1. The molecule has 0 bridgehead atoms. The average molecular weight is 273 g/mol. The SMILES string of the molecule is CC=C(C(=O)Nc1cc(C)cc(C)n1)C1CCCNC1. The fourth-order valence-electron chi connectivity index (χ4n) is 2.76. The van der Waals surface area contributed by atoms with E-state index < -0.39 is 0 Å². The van der Waals surface area contributed by atoms with Crippen molar-refractivity contribution in [1.82, 2.24) is 10.3 Å². The molecular weight excluding hydrogens is 250 g/mol. The predicted octanol–water partition coefficient (Wildman–Crippen LogP) is 2.58. The normalized spacial score (nSPS) is 19.8. The number of hydrogen-bond donors (Lipinski definition) is 2. The highest BCUT2D eigenvalue weighted by Crippen LogP contribution is 2.21. The summed E-state index contributed by atoms with van der Waals surface area (Å²) >= 11 is 0. The van der Waals surface area contributed by atoms with E-state index in [1.807, 2.05) is 39.0 Å². The fourth-order valence-corrected chi connectivity index (χ4v) is 2.76. The number of anilines is 1. The van der Waals surface area contributed by atoms with E-state index in [1.165, 1.54) is 0 Å². The van der Waals surface area contributed by atoms with Crippen molar-refractivity contribution in [2.24, 2.45) is 5.92 Å². The summed E-state index contributed by atoms with van der Waals surface area (Å²) in [5, 5.41) is 6.28. The quantitative estimate of drug-likeness (QED) is 0.832. The molecule has 1 unspecified atom stereocenters. The molecule has 1 amide bonds. The van der Waals surface area contributed by atoms with Gasteiger partial charge >= 0.3 is 0 Å². The van der Waals surface area contributed by atoms with Gasteiger partial charge < -0.3 is 10.6 Å². The molecule has 0 aliphatic carbocycles. The second-order valence-electron chi connectivity index (χ2n) is 5.41. The number of hydrogen-bond acceptors (Lipinski definition) is 3. The number of nitrogens with zero attached hydrogens (tertiary/aromatic N) is 1. The summed E-state index contributed by atoms with van der Waals surface area (Å²) in [5.74, 6) is 0.911. The highest BCUT2D eigenvalue weighted by Gasteiger charge is 2.22. The third kappa shape index (κ3) is 3.67. The molecule has 0 spiro atoms. The molecule has 0 saturated carbocycles. The third-order valence-corrected chi connectivity index (χ3v) is 3.65. The molecule has 2 N–H and O–H groups in total. The summed E-state index contributed by atoms with van der Waals surface area (Å²) in [7, 11) is 0. The van der Waals surface area contributed by atoms with Gasteiger partial charge in [0.2, 0.25) is 0 Å². The van der Waals surface area contributed by atoms with Gasteiger partial charge in [-0.05, 0) is 57.9 Å². The van der Waals surface area contributed by atoms with Crippen LogP contribution >= 0.6 is 0 Å². The first-order valence-electron chi connectivity index (χ1n) is 7.23. The maximum absolute atomic E-state index is 12.4. The van der Waals surface area contributed by atoms with Crippen LogP contribution in [0.4, 0.5) is 5.82 Å². The molecule has 4 heteroatoms. The van der Waals surface area contributed by atoms with E-state index in [0.29, 0.717) is 11.7 Å². The van der Waals surface area contributed by atoms with Gasteiger partial charge in [0, 0.05) is 23.7 Å². The van der Waals surface area contributed by atoms with Gasteiger partial charge in [-0.25, -0.2) is 4.98 Å². The topological polar surface area (TPSA) is 54.0 Å². The first kappa shape index (κ1) is 14.7. The van der Waals surface area contributed by atoms with E-state index in [1.54, 1.807) is 0 Å². The number of aryl methyl sites for hydroxylation is 2. The van der Waals surface area contributed by atoms with E-state index in [9.17, 15) is 4.79 Å². The van der Waals surface area contributed by atoms with Crippen molar-refractivity contribution in [2.45, 2.75) is 33.6 Å². The van der Waals surface area contributed by atoms with Crippen LogP contribution in [0.2, 0.25) is 0 Å². The maximum Gasteiger partial charge on any atom is 0.252 e. The van der Waals surface area contributed by atoms with Crippen molar-refractivity contribution in [2.75, 3.05) is 18.4 Å². The van der Waals surface area contributed by atoms with Gasteiger partial charge in [-0.15, -0.1) is 0 Å². The van der Waals surface area contributed by atoms with Gasteiger partial charge in [-0.2, -0.15) is 0 Å². The summed E-state index contributed by atoms with van der Waals surface area (Å²) in [4.78, 5) is 16.8. The molecule has 1 aromatic heterocycles. The lowest BCUT2D eigenvalue weighted by Gasteiger charge is -2.24. The smallest absolute Gasteiger partial charge is 0.252 e. The fraction of sp³-hybridized carbons (Fsp3) is 0.500. The summed E-state index contributed by atoms with van der Waals surface area (Å²) in [5.41, 5.74) is 2.88. The number of allylic oxidation sites excluding steroid dienone is 1. The molecule has 20 heavy (non-hydrogen) atoms. The van der Waals surface area contributed by atoms with Gasteiger partial charge in [0.1, 0.15) is 5.82 Å². The molecular formula is C16H23N3O. The maximum atomic E-state index is 12.4. The number of piperidine rings is 1. The average Bonchev–Trinajstić information content (AvgIpc) is 2.39. The van der Waals surface area contributed by atoms with Gasteiger partial charge in [0.05, 0.1) is 0 Å². The Morgan fingerprint density at radius 1 is 1.45 bits per heavy atom. The first-order chi connectivity index (χ1) is 9.60. The van der Waals surface area contributed by atoms with Crippen molar-refractivity contribution in [3.63, 3.8) is 0 Å². The summed E-state index contributed by atoms with van der Waals surface area (Å²) in [6.45, 7) is 7.80. The van der Waals surface area contributed by atoms with Crippen LogP contribution < -0.4 is 10.6 Å². The van der Waals surface area contributed by atoms with E-state index in [0.717, 1.165) is 42.8 Å². The van der Waals surface area contributed by atoms with Crippen LogP contribution in [0.3, 0.4) is 0 Å². The van der Waals surface area contributed by atoms with Crippen LogP contribution in [-0.4, -0.2) is 24.0 Å². The molecule has 1 saturated heterocycles. The van der Waals surface area contributed by atoms with Crippen molar-refractivity contribution < 1.29 is 4.79 Å². The van der Waals surface area contributed by atoms with Crippen LogP contribution in [0.1, 0.15) is 31.0 Å². The lowest BCUT2D eigenvalue weighted by Crippen LogP contribution is -2.34. The van der Waals surface area contributed by atoms with E-state index in [2.05, 4.69) is 15.6 Å². The molecule has 1 aliphatic rings. The van der Waals surface area contributed by atoms with E-state index in [4.69, 9.17) is 0 Å². The molecule has 0 radical (unpaired) electrons. The van der Waals surface area contributed by atoms with Crippen LogP contribution in [-0.2, 0) is 4.79 Å². The molecule has 1 atom stereocenters. The predicted molar refractivity (Wildman–Crippen MR) is 81.7 cm³/mol. The number of aromatic nitrogens is 1. The lowest BCUT2D eigenvalue weighted by atomic mass is 9.90. The monoisotopic (exact) mass is 273 g/mol. The number of nitrogens with one attached hydrogen (secondary N) is 2. The molecule has 1 fully saturated rings. The Morgan fingerprint density at radius 3 is 2.85 bits per heavy atom. The summed E-state index contributed by atoms with van der Waals surface area (Å²) in [6, 6.07) is 3.90. The Hall–Kier alpha value is -1.68. The second-order valence-corrected chi connectivity index (χ2v) is 5.41. The van der Waals surface area contributed by atoms with Crippen LogP contribution in [0.25, 0.3) is 0 Å².